The number of benzene rings is 2. The Hall–Kier alpha value is -5.70. The first-order valence-electron chi connectivity index (χ1n) is 20.3. The molecule has 3 aliphatic rings. The fourth-order valence-electron chi connectivity index (χ4n) is 8.11. The molecule has 0 bridgehead atoms. The third-order valence-electron chi connectivity index (χ3n) is 11.4. The summed E-state index contributed by atoms with van der Waals surface area (Å²) in [5.74, 6) is 0.924. The predicted molar refractivity (Wildman–Crippen MR) is 216 cm³/mol. The number of H-pyrrole nitrogens is 2. The summed E-state index contributed by atoms with van der Waals surface area (Å²) in [4.78, 5) is 71.9. The van der Waals surface area contributed by atoms with Crippen LogP contribution in [-0.2, 0) is 23.8 Å². The normalized spacial score (nSPS) is 20.4. The summed E-state index contributed by atoms with van der Waals surface area (Å²) in [6.45, 7) is 9.75. The van der Waals surface area contributed by atoms with Gasteiger partial charge in [-0.3, -0.25) is 9.59 Å². The zero-order chi connectivity index (χ0) is 40.9. The van der Waals surface area contributed by atoms with Crippen molar-refractivity contribution in [3.8, 4) is 33.6 Å². The molecule has 2 aromatic carbocycles. The molecule has 7 rings (SSSR count). The molecule has 15 heteroatoms. The zero-order valence-electron chi connectivity index (χ0n) is 33.8. The topological polar surface area (TPSA) is 184 Å². The summed E-state index contributed by atoms with van der Waals surface area (Å²) in [6.07, 6.45) is 5.99. The van der Waals surface area contributed by atoms with Crippen LogP contribution in [-0.4, -0.2) is 105 Å². The molecule has 4 N–H and O–H groups in total. The molecule has 3 fully saturated rings. The number of nitrogens with zero attached hydrogens (tertiary/aromatic N) is 4. The summed E-state index contributed by atoms with van der Waals surface area (Å²) >= 11 is 0. The van der Waals surface area contributed by atoms with E-state index in [-0.39, 0.29) is 41.8 Å². The van der Waals surface area contributed by atoms with Crippen LogP contribution in [0.4, 0.5) is 9.59 Å². The number of likely N-dealkylation sites (tertiary alicyclic amines) is 2. The van der Waals surface area contributed by atoms with Gasteiger partial charge >= 0.3 is 12.2 Å². The first kappa shape index (κ1) is 40.5. The van der Waals surface area contributed by atoms with E-state index in [2.05, 4.69) is 74.1 Å². The molecule has 2 aromatic heterocycles. The highest BCUT2D eigenvalue weighted by molar-refractivity contribution is 5.87. The maximum atomic E-state index is 13.8. The van der Waals surface area contributed by atoms with Crippen molar-refractivity contribution in [3.05, 3.63) is 72.6 Å². The van der Waals surface area contributed by atoms with E-state index in [0.717, 1.165) is 71.0 Å². The Morgan fingerprint density at radius 3 is 1.55 bits per heavy atom. The number of nitrogens with one attached hydrogen (secondary N) is 4. The number of alkyl carbamates (subject to hydrolysis) is 2. The number of ether oxygens (including phenoxy) is 3. The van der Waals surface area contributed by atoms with Crippen molar-refractivity contribution >= 4 is 24.0 Å². The lowest BCUT2D eigenvalue weighted by Gasteiger charge is -2.30. The molecular formula is C43H54N8O7. The second-order valence-electron chi connectivity index (χ2n) is 16.0. The third-order valence-corrected chi connectivity index (χ3v) is 11.4. The van der Waals surface area contributed by atoms with Gasteiger partial charge in [0.15, 0.2) is 0 Å². The van der Waals surface area contributed by atoms with Crippen molar-refractivity contribution in [2.24, 2.45) is 11.8 Å². The molecule has 0 unspecified atom stereocenters. The van der Waals surface area contributed by atoms with Gasteiger partial charge in [0.2, 0.25) is 11.8 Å². The van der Waals surface area contributed by atoms with Gasteiger partial charge in [-0.1, -0.05) is 76.2 Å². The Morgan fingerprint density at radius 2 is 1.14 bits per heavy atom. The quantitative estimate of drug-likeness (QED) is 0.126. The van der Waals surface area contributed by atoms with Gasteiger partial charge in [0.25, 0.3) is 0 Å². The highest BCUT2D eigenvalue weighted by Gasteiger charge is 2.39. The maximum absolute atomic E-state index is 13.8. The summed E-state index contributed by atoms with van der Waals surface area (Å²) < 4.78 is 15.6. The summed E-state index contributed by atoms with van der Waals surface area (Å²) in [5, 5.41) is 5.51. The lowest BCUT2D eigenvalue weighted by atomic mass is 10.0. The van der Waals surface area contributed by atoms with Gasteiger partial charge in [-0.15, -0.1) is 0 Å². The van der Waals surface area contributed by atoms with Crippen molar-refractivity contribution in [1.82, 2.24) is 40.4 Å². The highest BCUT2D eigenvalue weighted by Crippen LogP contribution is 2.35. The second kappa shape index (κ2) is 17.8. The molecule has 0 radical (unpaired) electrons. The molecule has 3 aliphatic heterocycles. The lowest BCUT2D eigenvalue weighted by Crippen LogP contribution is -2.51. The first-order chi connectivity index (χ1) is 28.0. The monoisotopic (exact) mass is 794 g/mol. The van der Waals surface area contributed by atoms with E-state index in [1.165, 1.54) is 7.11 Å². The Labute approximate surface area is 338 Å². The Morgan fingerprint density at radius 1 is 0.690 bits per heavy atom. The molecule has 0 saturated carbocycles. The van der Waals surface area contributed by atoms with Crippen LogP contribution in [0, 0.1) is 11.8 Å². The number of rotatable bonds is 12. The SMILES string of the molecule is COC(=O)N[C@H](C(=O)N1CCC[C@H]1c1ncc(-c2ccc(-c3ccc(-c4cnc([C@@H]5CCCN5C(=O)[C@@H](NC(=O)O[C@H]5CCOC5)C(C)C)[nH]4)cc3)cc2)[nH]1)C(C)C. The molecule has 0 spiro atoms. The van der Waals surface area contributed by atoms with Crippen LogP contribution in [0.3, 0.4) is 0 Å². The molecule has 5 heterocycles. The minimum Gasteiger partial charge on any atom is -0.453 e. The van der Waals surface area contributed by atoms with Crippen LogP contribution < -0.4 is 10.6 Å². The summed E-state index contributed by atoms with van der Waals surface area (Å²) in [6, 6.07) is 14.7. The molecule has 58 heavy (non-hydrogen) atoms. The number of hydrogen-bond acceptors (Lipinski definition) is 9. The van der Waals surface area contributed by atoms with Gasteiger partial charge in [-0.2, -0.15) is 0 Å². The summed E-state index contributed by atoms with van der Waals surface area (Å²) in [5.41, 5.74) is 5.77. The van der Waals surface area contributed by atoms with Crippen LogP contribution in [0.1, 0.15) is 83.5 Å². The zero-order valence-corrected chi connectivity index (χ0v) is 33.8. The van der Waals surface area contributed by atoms with Crippen LogP contribution in [0.2, 0.25) is 0 Å². The number of carbonyl (C=O) groups is 4. The lowest BCUT2D eigenvalue weighted by molar-refractivity contribution is -0.136. The number of aromatic amines is 2. The molecule has 308 valence electrons. The van der Waals surface area contributed by atoms with Crippen molar-refractivity contribution < 1.29 is 33.4 Å². The van der Waals surface area contributed by atoms with Crippen LogP contribution in [0.5, 0.6) is 0 Å². The van der Waals surface area contributed by atoms with Crippen LogP contribution >= 0.6 is 0 Å². The molecule has 5 atom stereocenters. The third kappa shape index (κ3) is 8.89. The summed E-state index contributed by atoms with van der Waals surface area (Å²) in [7, 11) is 1.29. The fraction of sp³-hybridized carbons (Fsp3) is 0.488. The number of carbonyl (C=O) groups excluding carboxylic acids is 4. The van der Waals surface area contributed by atoms with Gasteiger partial charge in [-0.25, -0.2) is 19.6 Å². The Kier molecular flexibility index (Phi) is 12.5. The number of aromatic nitrogens is 4. The van der Waals surface area contributed by atoms with Crippen molar-refractivity contribution in [2.45, 2.75) is 90.1 Å². The van der Waals surface area contributed by atoms with Gasteiger partial charge in [0, 0.05) is 19.5 Å². The maximum Gasteiger partial charge on any atom is 0.408 e. The minimum absolute atomic E-state index is 0.106. The molecule has 3 saturated heterocycles. The van der Waals surface area contributed by atoms with Gasteiger partial charge in [0.05, 0.1) is 56.2 Å². The van der Waals surface area contributed by atoms with E-state index in [4.69, 9.17) is 19.2 Å². The number of amides is 4. The molecule has 0 aliphatic carbocycles. The largest absolute Gasteiger partial charge is 0.453 e. The molecule has 4 amide bonds. The Balaban J connectivity index is 0.979. The Bertz CT molecular complexity index is 2050. The number of hydrogen-bond donors (Lipinski definition) is 4. The van der Waals surface area contributed by atoms with Crippen LogP contribution in [0.25, 0.3) is 33.6 Å². The standard InChI is InChI=1S/C43H54N8O7/c1-25(2)36(48-42(54)56-5)40(52)50-19-6-8-34(50)38-44-22-32(46-38)29-14-10-27(11-15-29)28-12-16-30(17-13-28)33-23-45-39(47-33)35-9-7-20-51(35)41(53)37(26(3)4)49-43(55)58-31-18-21-57-24-31/h10-17,22-23,25-26,31,34-37H,6-9,18-21,24H2,1-5H3,(H,44,46)(H,45,47)(H,48,54)(H,49,55)/t31-,34-,35-,36-,37-/m0/s1. The van der Waals surface area contributed by atoms with Gasteiger partial charge in [0.1, 0.15) is 29.8 Å². The smallest absolute Gasteiger partial charge is 0.408 e. The molecule has 4 aromatic rings. The molecule has 15 nitrogen and oxygen atoms in total. The second-order valence-corrected chi connectivity index (χ2v) is 16.0. The van der Waals surface area contributed by atoms with E-state index in [0.29, 0.717) is 32.7 Å². The average Bonchev–Trinajstić information content (AvgIpc) is 4.08. The number of imidazole rings is 2. The van der Waals surface area contributed by atoms with E-state index in [1.54, 1.807) is 17.3 Å². The van der Waals surface area contributed by atoms with E-state index >= 15 is 0 Å². The van der Waals surface area contributed by atoms with Crippen molar-refractivity contribution in [3.63, 3.8) is 0 Å². The highest BCUT2D eigenvalue weighted by atomic mass is 16.6. The first-order valence-corrected chi connectivity index (χ1v) is 20.3. The number of methoxy groups -OCH3 is 1. The minimum atomic E-state index is -0.717. The van der Waals surface area contributed by atoms with E-state index < -0.39 is 24.3 Å². The van der Waals surface area contributed by atoms with Crippen molar-refractivity contribution in [1.29, 1.82) is 0 Å². The van der Waals surface area contributed by atoms with Crippen molar-refractivity contribution in [2.75, 3.05) is 33.4 Å². The van der Waals surface area contributed by atoms with Gasteiger partial charge < -0.3 is 44.6 Å². The fourth-order valence-corrected chi connectivity index (χ4v) is 8.11. The molecular weight excluding hydrogens is 741 g/mol. The predicted octanol–water partition coefficient (Wildman–Crippen LogP) is 6.38. The van der Waals surface area contributed by atoms with E-state index in [9.17, 15) is 19.2 Å². The van der Waals surface area contributed by atoms with E-state index in [1.807, 2.05) is 32.6 Å². The van der Waals surface area contributed by atoms with Crippen LogP contribution in [0.15, 0.2) is 60.9 Å². The average molecular weight is 795 g/mol. The van der Waals surface area contributed by atoms with Gasteiger partial charge in [-0.05, 0) is 59.8 Å².